The van der Waals surface area contributed by atoms with Crippen LogP contribution in [-0.2, 0) is 11.8 Å². The average molecular weight is 345 g/mol. The van der Waals surface area contributed by atoms with Crippen molar-refractivity contribution in [1.29, 1.82) is 0 Å². The summed E-state index contributed by atoms with van der Waals surface area (Å²) in [5.74, 6) is 0.587. The molecule has 1 fully saturated rings. The molecule has 1 radical (unpaired) electrons. The van der Waals surface area contributed by atoms with Crippen LogP contribution in [0.25, 0.3) is 11.1 Å². The Kier molecular flexibility index (Phi) is 5.65. The fraction of sp³-hybridized carbons (Fsp3) is 0.444. The first-order chi connectivity index (χ1) is 12.1. The van der Waals surface area contributed by atoms with Crippen LogP contribution in [0, 0.1) is 6.07 Å². The molecule has 1 aliphatic heterocycles. The van der Waals surface area contributed by atoms with Crippen molar-refractivity contribution in [2.75, 3.05) is 32.8 Å². The molecule has 133 valence electrons. The van der Waals surface area contributed by atoms with Gasteiger partial charge in [-0.05, 0) is 36.2 Å². The Morgan fingerprint density at radius 1 is 1.48 bits per heavy atom. The van der Waals surface area contributed by atoms with Crippen LogP contribution in [0.5, 0.6) is 5.75 Å². The second-order valence-corrected chi connectivity index (χ2v) is 6.18. The molecule has 0 spiro atoms. The number of likely N-dealkylation sites (tertiary alicyclic amines) is 1. The monoisotopic (exact) mass is 345 g/mol. The van der Waals surface area contributed by atoms with E-state index < -0.39 is 6.17 Å². The van der Waals surface area contributed by atoms with E-state index in [9.17, 15) is 9.18 Å². The molecule has 1 atom stereocenters. The molecule has 6 nitrogen and oxygen atoms in total. The van der Waals surface area contributed by atoms with Gasteiger partial charge in [0.2, 0.25) is 5.91 Å². The quantitative estimate of drug-likeness (QED) is 0.771. The molecular formula is C18H22FN4O2. The van der Waals surface area contributed by atoms with Gasteiger partial charge in [0, 0.05) is 31.9 Å². The van der Waals surface area contributed by atoms with Gasteiger partial charge in [0.05, 0.1) is 19.3 Å². The van der Waals surface area contributed by atoms with Crippen molar-refractivity contribution < 1.29 is 13.9 Å². The number of alkyl halides is 1. The maximum absolute atomic E-state index is 13.1. The SMILES string of the molecule is Cn1cc(-c2c[c]cc(OCCNC(=O)CN3CC[C@H](F)C3)c2)cn1. The molecule has 0 aliphatic carbocycles. The first-order valence-electron chi connectivity index (χ1n) is 8.36. The van der Waals surface area contributed by atoms with E-state index in [1.54, 1.807) is 16.9 Å². The number of hydrogen-bond donors (Lipinski definition) is 1. The second kappa shape index (κ2) is 8.11. The molecule has 1 aromatic carbocycles. The number of aryl methyl sites for hydroxylation is 1. The molecular weight excluding hydrogens is 323 g/mol. The highest BCUT2D eigenvalue weighted by atomic mass is 19.1. The number of hydrogen-bond acceptors (Lipinski definition) is 4. The van der Waals surface area contributed by atoms with Gasteiger partial charge < -0.3 is 10.1 Å². The van der Waals surface area contributed by atoms with Crippen LogP contribution in [0.15, 0.2) is 30.6 Å². The molecule has 2 aromatic rings. The lowest BCUT2D eigenvalue weighted by Crippen LogP contribution is -2.37. The van der Waals surface area contributed by atoms with E-state index in [1.165, 1.54) is 0 Å². The van der Waals surface area contributed by atoms with Crippen molar-refractivity contribution >= 4 is 5.91 Å². The molecule has 1 aromatic heterocycles. The summed E-state index contributed by atoms with van der Waals surface area (Å²) in [6, 6.07) is 8.60. The van der Waals surface area contributed by atoms with Crippen LogP contribution in [-0.4, -0.2) is 59.5 Å². The molecule has 25 heavy (non-hydrogen) atoms. The first-order valence-corrected chi connectivity index (χ1v) is 8.36. The Bertz CT molecular complexity index is 719. The first kappa shape index (κ1) is 17.4. The van der Waals surface area contributed by atoms with Crippen molar-refractivity contribution in [2.24, 2.45) is 7.05 Å². The zero-order valence-electron chi connectivity index (χ0n) is 14.2. The van der Waals surface area contributed by atoms with Crippen LogP contribution in [0.2, 0.25) is 0 Å². The number of ether oxygens (including phenoxy) is 1. The smallest absolute Gasteiger partial charge is 0.234 e. The molecule has 1 aliphatic rings. The fourth-order valence-electron chi connectivity index (χ4n) is 2.82. The van der Waals surface area contributed by atoms with Crippen molar-refractivity contribution in [2.45, 2.75) is 12.6 Å². The highest BCUT2D eigenvalue weighted by molar-refractivity contribution is 5.78. The number of aromatic nitrogens is 2. The Morgan fingerprint density at radius 2 is 2.36 bits per heavy atom. The summed E-state index contributed by atoms with van der Waals surface area (Å²) in [6.45, 7) is 2.00. The van der Waals surface area contributed by atoms with Crippen LogP contribution in [0.4, 0.5) is 4.39 Å². The van der Waals surface area contributed by atoms with E-state index in [1.807, 2.05) is 30.3 Å². The molecule has 0 unspecified atom stereocenters. The van der Waals surface area contributed by atoms with E-state index in [0.29, 0.717) is 38.4 Å². The van der Waals surface area contributed by atoms with Crippen LogP contribution in [0.3, 0.4) is 0 Å². The summed E-state index contributed by atoms with van der Waals surface area (Å²) in [4.78, 5) is 13.6. The van der Waals surface area contributed by atoms with Crippen LogP contribution in [0.1, 0.15) is 6.42 Å². The predicted octanol–water partition coefficient (Wildman–Crippen LogP) is 1.43. The molecule has 0 saturated carbocycles. The number of amides is 1. The Hall–Kier alpha value is -2.41. The van der Waals surface area contributed by atoms with Gasteiger partial charge in [-0.2, -0.15) is 5.10 Å². The number of nitrogens with zero attached hydrogens (tertiary/aromatic N) is 3. The molecule has 1 N–H and O–H groups in total. The van der Waals surface area contributed by atoms with Crippen molar-refractivity contribution in [3.8, 4) is 16.9 Å². The Labute approximate surface area is 146 Å². The fourth-order valence-corrected chi connectivity index (χ4v) is 2.82. The number of nitrogens with one attached hydrogen (secondary N) is 1. The average Bonchev–Trinajstić information content (AvgIpc) is 3.20. The van der Waals surface area contributed by atoms with Crippen LogP contribution >= 0.6 is 0 Å². The van der Waals surface area contributed by atoms with Gasteiger partial charge in [0.25, 0.3) is 0 Å². The highest BCUT2D eigenvalue weighted by Crippen LogP contribution is 2.22. The van der Waals surface area contributed by atoms with Gasteiger partial charge in [-0.25, -0.2) is 4.39 Å². The molecule has 0 bridgehead atoms. The van der Waals surface area contributed by atoms with Gasteiger partial charge in [0.1, 0.15) is 18.5 Å². The maximum atomic E-state index is 13.1. The van der Waals surface area contributed by atoms with E-state index in [0.717, 1.165) is 11.1 Å². The zero-order chi connectivity index (χ0) is 17.6. The summed E-state index contributed by atoms with van der Waals surface area (Å²) in [7, 11) is 1.87. The standard InChI is InChI=1S/C18H22FN4O2/c1-22-11-15(10-21-22)14-3-2-4-17(9-14)25-8-6-20-18(24)13-23-7-5-16(19)12-23/h3-4,9-11,16H,5-8,12-13H2,1H3,(H,20,24)/t16-/m0/s1. The number of carbonyl (C=O) groups is 1. The Morgan fingerprint density at radius 3 is 3.08 bits per heavy atom. The third-order valence-corrected chi connectivity index (χ3v) is 4.08. The van der Waals surface area contributed by atoms with Gasteiger partial charge in [-0.3, -0.25) is 14.4 Å². The summed E-state index contributed by atoms with van der Waals surface area (Å²) >= 11 is 0. The van der Waals surface area contributed by atoms with E-state index in [2.05, 4.69) is 16.5 Å². The third-order valence-electron chi connectivity index (χ3n) is 4.08. The highest BCUT2D eigenvalue weighted by Gasteiger charge is 2.23. The van der Waals surface area contributed by atoms with Crippen LogP contribution < -0.4 is 10.1 Å². The Balaban J connectivity index is 1.41. The van der Waals surface area contributed by atoms with Gasteiger partial charge in [-0.1, -0.05) is 0 Å². The molecule has 1 saturated heterocycles. The lowest BCUT2D eigenvalue weighted by molar-refractivity contribution is -0.122. The van der Waals surface area contributed by atoms with Crippen molar-refractivity contribution in [3.05, 3.63) is 36.7 Å². The van der Waals surface area contributed by atoms with E-state index in [-0.39, 0.29) is 12.5 Å². The summed E-state index contributed by atoms with van der Waals surface area (Å²) in [5.41, 5.74) is 1.97. The zero-order valence-corrected chi connectivity index (χ0v) is 14.2. The van der Waals surface area contributed by atoms with Gasteiger partial charge in [-0.15, -0.1) is 0 Å². The number of benzene rings is 1. The lowest BCUT2D eigenvalue weighted by atomic mass is 10.1. The second-order valence-electron chi connectivity index (χ2n) is 6.18. The normalized spacial score (nSPS) is 17.6. The van der Waals surface area contributed by atoms with E-state index >= 15 is 0 Å². The van der Waals surface area contributed by atoms with Crippen molar-refractivity contribution in [3.63, 3.8) is 0 Å². The largest absolute Gasteiger partial charge is 0.492 e. The summed E-state index contributed by atoms with van der Waals surface area (Å²) < 4.78 is 20.5. The van der Waals surface area contributed by atoms with Gasteiger partial charge >= 0.3 is 0 Å². The molecule has 1 amide bonds. The third kappa shape index (κ3) is 5.03. The minimum atomic E-state index is -0.806. The minimum absolute atomic E-state index is 0.103. The molecule has 3 rings (SSSR count). The van der Waals surface area contributed by atoms with E-state index in [4.69, 9.17) is 4.74 Å². The van der Waals surface area contributed by atoms with Crippen molar-refractivity contribution in [1.82, 2.24) is 20.0 Å². The topological polar surface area (TPSA) is 59.4 Å². The van der Waals surface area contributed by atoms with Gasteiger partial charge in [0.15, 0.2) is 0 Å². The maximum Gasteiger partial charge on any atom is 0.234 e. The number of rotatable bonds is 7. The molecule has 2 heterocycles. The summed E-state index contributed by atoms with van der Waals surface area (Å²) in [5, 5.41) is 6.94. The summed E-state index contributed by atoms with van der Waals surface area (Å²) in [6.07, 6.45) is 3.42. The number of carbonyl (C=O) groups excluding carboxylic acids is 1. The molecule has 7 heteroatoms. The predicted molar refractivity (Wildman–Crippen MR) is 91.9 cm³/mol. The minimum Gasteiger partial charge on any atom is -0.492 e. The lowest BCUT2D eigenvalue weighted by Gasteiger charge is -2.14. The number of halogens is 1.